The largest absolute Gasteiger partial charge is 0.593 e. The molecule has 1 aliphatic carbocycles. The molecule has 0 spiro atoms. The van der Waals surface area contributed by atoms with Gasteiger partial charge in [0.05, 0.1) is 22.7 Å². The molecule has 1 unspecified atom stereocenters. The molecule has 1 saturated carbocycles. The number of hydrogen-bond acceptors (Lipinski definition) is 4. The minimum Gasteiger partial charge on any atom is -0.593 e. The lowest BCUT2D eigenvalue weighted by molar-refractivity contribution is 0.606. The quantitative estimate of drug-likeness (QED) is 0.576. The summed E-state index contributed by atoms with van der Waals surface area (Å²) < 4.78 is 14.9. The molecule has 0 heterocycles. The number of benzene rings is 1. The van der Waals surface area contributed by atoms with Crippen LogP contribution < -0.4 is 15.8 Å². The van der Waals surface area contributed by atoms with Crippen molar-refractivity contribution in [1.82, 2.24) is 0 Å². The summed E-state index contributed by atoms with van der Waals surface area (Å²) in [6, 6.07) is 3.78. The van der Waals surface area contributed by atoms with Crippen LogP contribution in [0.2, 0.25) is 0 Å². The summed E-state index contributed by atoms with van der Waals surface area (Å²) in [5, 5.41) is 3.34. The van der Waals surface area contributed by atoms with Crippen LogP contribution in [0.15, 0.2) is 16.6 Å². The van der Waals surface area contributed by atoms with Crippen molar-refractivity contribution < 1.29 is 4.55 Å². The number of nitrogens with two attached hydrogens (primary N) is 1. The molecule has 0 bridgehead atoms. The second-order valence-corrected chi connectivity index (χ2v) is 6.32. The van der Waals surface area contributed by atoms with E-state index in [2.05, 4.69) is 26.0 Å². The molecule has 0 aliphatic heterocycles. The van der Waals surface area contributed by atoms with Gasteiger partial charge in [0.2, 0.25) is 0 Å². The molecule has 1 aromatic rings. The number of nitrogens with one attached hydrogen (secondary N) is 2. The van der Waals surface area contributed by atoms with Crippen LogP contribution in [-0.4, -0.2) is 17.4 Å². The molecule has 2 rings (SSSR count). The van der Waals surface area contributed by atoms with E-state index in [0.29, 0.717) is 11.4 Å². The van der Waals surface area contributed by atoms with Crippen molar-refractivity contribution in [1.29, 1.82) is 0 Å². The predicted octanol–water partition coefficient (Wildman–Crippen LogP) is 2.56. The van der Waals surface area contributed by atoms with E-state index in [4.69, 9.17) is 5.73 Å². The van der Waals surface area contributed by atoms with Gasteiger partial charge in [-0.25, -0.2) is 4.72 Å². The number of nitrogen functional groups attached to an aromatic ring is 1. The molecule has 0 aromatic heterocycles. The summed E-state index contributed by atoms with van der Waals surface area (Å²) in [4.78, 5) is 0. The van der Waals surface area contributed by atoms with E-state index in [1.165, 1.54) is 12.8 Å². The lowest BCUT2D eigenvalue weighted by Crippen LogP contribution is -2.13. The average molecular weight is 318 g/mol. The van der Waals surface area contributed by atoms with Crippen molar-refractivity contribution in [3.63, 3.8) is 0 Å². The molecule has 94 valence electrons. The first kappa shape index (κ1) is 12.9. The molecule has 1 fully saturated rings. The first-order chi connectivity index (χ1) is 8.06. The van der Waals surface area contributed by atoms with Gasteiger partial charge < -0.3 is 15.6 Å². The van der Waals surface area contributed by atoms with Crippen molar-refractivity contribution in [2.24, 2.45) is 5.92 Å². The van der Waals surface area contributed by atoms with Crippen LogP contribution in [-0.2, 0) is 11.4 Å². The number of anilines is 3. The minimum atomic E-state index is -1.12. The summed E-state index contributed by atoms with van der Waals surface area (Å²) in [5.41, 5.74) is 8.22. The summed E-state index contributed by atoms with van der Waals surface area (Å²) >= 11 is 2.30. The van der Waals surface area contributed by atoms with Crippen molar-refractivity contribution in [2.45, 2.75) is 12.8 Å². The van der Waals surface area contributed by atoms with Gasteiger partial charge in [-0.2, -0.15) is 0 Å². The second kappa shape index (κ2) is 5.37. The molecule has 1 aliphatic rings. The van der Waals surface area contributed by atoms with E-state index >= 15 is 0 Å². The lowest BCUT2D eigenvalue weighted by Gasteiger charge is -2.15. The lowest BCUT2D eigenvalue weighted by atomic mass is 10.2. The van der Waals surface area contributed by atoms with Crippen LogP contribution in [0.4, 0.5) is 17.1 Å². The minimum absolute atomic E-state index is 0.615. The highest BCUT2D eigenvalue weighted by Gasteiger charge is 2.21. The highest BCUT2D eigenvalue weighted by Crippen LogP contribution is 2.34. The zero-order valence-electron chi connectivity index (χ0n) is 9.63. The van der Waals surface area contributed by atoms with Crippen LogP contribution in [0.1, 0.15) is 12.8 Å². The smallest absolute Gasteiger partial charge is 0.121 e. The predicted molar refractivity (Wildman–Crippen MR) is 77.5 cm³/mol. The summed E-state index contributed by atoms with van der Waals surface area (Å²) in [7, 11) is 0. The number of halogens is 1. The SMILES string of the molecule is C[S+]([O-])Nc1cc(Br)cc(NCC2CC2)c1N. The molecular weight excluding hydrogens is 302 g/mol. The Bertz CT molecular complexity index is 410. The highest BCUT2D eigenvalue weighted by molar-refractivity contribution is 9.10. The third kappa shape index (κ3) is 3.69. The molecule has 4 N–H and O–H groups in total. The highest BCUT2D eigenvalue weighted by atomic mass is 79.9. The van der Waals surface area contributed by atoms with Crippen LogP contribution in [0, 0.1) is 5.92 Å². The van der Waals surface area contributed by atoms with Gasteiger partial charge in [-0.15, -0.1) is 0 Å². The van der Waals surface area contributed by atoms with E-state index in [9.17, 15) is 4.55 Å². The molecule has 4 nitrogen and oxygen atoms in total. The Labute approximate surface area is 113 Å². The Balaban J connectivity index is 2.14. The van der Waals surface area contributed by atoms with Gasteiger partial charge in [-0.3, -0.25) is 0 Å². The number of rotatable bonds is 5. The summed E-state index contributed by atoms with van der Waals surface area (Å²) in [6.07, 6.45) is 4.17. The third-order valence-electron chi connectivity index (χ3n) is 2.68. The molecular formula is C11H16BrN3OS. The fourth-order valence-corrected chi connectivity index (χ4v) is 2.52. The van der Waals surface area contributed by atoms with Gasteiger partial charge >= 0.3 is 0 Å². The maximum atomic E-state index is 11.2. The van der Waals surface area contributed by atoms with E-state index in [1.807, 2.05) is 12.1 Å². The zero-order valence-corrected chi connectivity index (χ0v) is 12.0. The monoisotopic (exact) mass is 317 g/mol. The molecule has 0 saturated heterocycles. The van der Waals surface area contributed by atoms with Crippen LogP contribution in [0.25, 0.3) is 0 Å². The average Bonchev–Trinajstić information content (AvgIpc) is 3.03. The molecule has 17 heavy (non-hydrogen) atoms. The Kier molecular flexibility index (Phi) is 4.06. The summed E-state index contributed by atoms with van der Waals surface area (Å²) in [6.45, 7) is 0.954. The molecule has 6 heteroatoms. The summed E-state index contributed by atoms with van der Waals surface area (Å²) in [5.74, 6) is 0.782. The van der Waals surface area contributed by atoms with Crippen LogP contribution >= 0.6 is 15.9 Å². The zero-order chi connectivity index (χ0) is 12.4. The van der Waals surface area contributed by atoms with Gasteiger partial charge in [-0.05, 0) is 30.9 Å². The fourth-order valence-electron chi connectivity index (χ4n) is 1.58. The van der Waals surface area contributed by atoms with Gasteiger partial charge in [-0.1, -0.05) is 15.9 Å². The van der Waals surface area contributed by atoms with Crippen molar-refractivity contribution in [2.75, 3.05) is 28.6 Å². The van der Waals surface area contributed by atoms with Gasteiger partial charge in [0.1, 0.15) is 11.9 Å². The second-order valence-electron chi connectivity index (χ2n) is 4.30. The van der Waals surface area contributed by atoms with E-state index < -0.39 is 11.4 Å². The van der Waals surface area contributed by atoms with Gasteiger partial charge in [0, 0.05) is 11.0 Å². The number of hydrogen-bond donors (Lipinski definition) is 3. The van der Waals surface area contributed by atoms with Gasteiger partial charge in [0.15, 0.2) is 0 Å². The normalized spacial score (nSPS) is 16.6. The van der Waals surface area contributed by atoms with Crippen molar-refractivity contribution in [3.05, 3.63) is 16.6 Å². The van der Waals surface area contributed by atoms with E-state index in [1.54, 1.807) is 6.26 Å². The first-order valence-corrected chi connectivity index (χ1v) is 7.84. The topological polar surface area (TPSA) is 73.1 Å². The first-order valence-electron chi connectivity index (χ1n) is 5.49. The van der Waals surface area contributed by atoms with Crippen molar-refractivity contribution >= 4 is 44.4 Å². The molecule has 1 aromatic carbocycles. The Morgan fingerprint density at radius 1 is 1.47 bits per heavy atom. The maximum Gasteiger partial charge on any atom is 0.121 e. The van der Waals surface area contributed by atoms with Crippen LogP contribution in [0.5, 0.6) is 0 Å². The van der Waals surface area contributed by atoms with Crippen molar-refractivity contribution in [3.8, 4) is 0 Å². The van der Waals surface area contributed by atoms with E-state index in [0.717, 1.165) is 22.6 Å². The Morgan fingerprint density at radius 2 is 2.12 bits per heavy atom. The molecule has 1 atom stereocenters. The fraction of sp³-hybridized carbons (Fsp3) is 0.455. The Morgan fingerprint density at radius 3 is 2.71 bits per heavy atom. The van der Waals surface area contributed by atoms with Gasteiger partial charge in [0.25, 0.3) is 0 Å². The Hall–Kier alpha value is -0.590. The van der Waals surface area contributed by atoms with E-state index in [-0.39, 0.29) is 0 Å². The van der Waals surface area contributed by atoms with Crippen LogP contribution in [0.3, 0.4) is 0 Å². The third-order valence-corrected chi connectivity index (χ3v) is 3.64. The maximum absolute atomic E-state index is 11.2. The molecule has 0 radical (unpaired) electrons. The standard InChI is InChI=1S/C11H16BrN3OS/c1-17(16)15-10-5-8(12)4-9(11(10)13)14-6-7-2-3-7/h4-5,7,14-15H,2-3,6,13H2,1H3. The molecule has 0 amide bonds.